The van der Waals surface area contributed by atoms with Crippen molar-refractivity contribution in [3.63, 3.8) is 0 Å². The fraction of sp³-hybridized carbons (Fsp3) is 0.435. The molecule has 1 heterocycles. The predicted molar refractivity (Wildman–Crippen MR) is 116 cm³/mol. The van der Waals surface area contributed by atoms with Crippen molar-refractivity contribution in [2.45, 2.75) is 39.2 Å². The Labute approximate surface area is 172 Å². The highest BCUT2D eigenvalue weighted by Crippen LogP contribution is 2.30. The molecule has 1 aliphatic heterocycles. The first-order valence-corrected chi connectivity index (χ1v) is 10.3. The summed E-state index contributed by atoms with van der Waals surface area (Å²) in [6.07, 6.45) is 3.09. The minimum absolute atomic E-state index is 0.198. The molecule has 0 aliphatic carbocycles. The van der Waals surface area contributed by atoms with Gasteiger partial charge >= 0.3 is 0 Å². The van der Waals surface area contributed by atoms with E-state index in [9.17, 15) is 9.18 Å². The second kappa shape index (κ2) is 9.74. The molecule has 5 nitrogen and oxygen atoms in total. The van der Waals surface area contributed by atoms with Crippen molar-refractivity contribution in [3.05, 3.63) is 53.3 Å². The van der Waals surface area contributed by atoms with Crippen molar-refractivity contribution in [2.75, 3.05) is 37.0 Å². The Morgan fingerprint density at radius 2 is 2.00 bits per heavy atom. The van der Waals surface area contributed by atoms with Gasteiger partial charge in [0.15, 0.2) is 5.82 Å². The number of rotatable bonds is 8. The number of amides is 1. The Bertz CT molecular complexity index is 839. The average molecular weight is 400 g/mol. The highest BCUT2D eigenvalue weighted by Gasteiger charge is 2.24. The van der Waals surface area contributed by atoms with Crippen molar-refractivity contribution in [3.8, 4) is 5.75 Å². The van der Waals surface area contributed by atoms with Gasteiger partial charge in [0, 0.05) is 35.9 Å². The molecular formula is C23H30FN3O2. The van der Waals surface area contributed by atoms with Gasteiger partial charge in [-0.15, -0.1) is 0 Å². The third-order valence-corrected chi connectivity index (χ3v) is 5.43. The zero-order chi connectivity index (χ0) is 20.8. The lowest BCUT2D eigenvalue weighted by atomic mass is 10.1. The van der Waals surface area contributed by atoms with Crippen LogP contribution in [0.5, 0.6) is 5.75 Å². The van der Waals surface area contributed by atoms with Crippen LogP contribution in [0.1, 0.15) is 42.1 Å². The highest BCUT2D eigenvalue weighted by atomic mass is 19.1. The number of hydrogen-bond donors (Lipinski definition) is 2. The fourth-order valence-electron chi connectivity index (χ4n) is 3.56. The quantitative estimate of drug-likeness (QED) is 0.648. The normalized spacial score (nSPS) is 16.1. The van der Waals surface area contributed by atoms with Crippen molar-refractivity contribution in [1.29, 1.82) is 0 Å². The van der Waals surface area contributed by atoms with Gasteiger partial charge in [0.2, 0.25) is 0 Å². The topological polar surface area (TPSA) is 53.6 Å². The second-order valence-corrected chi connectivity index (χ2v) is 7.47. The summed E-state index contributed by atoms with van der Waals surface area (Å²) in [5, 5.41) is 5.96. The Hall–Kier alpha value is -2.60. The monoisotopic (exact) mass is 399 g/mol. The number of halogens is 1. The van der Waals surface area contributed by atoms with Gasteiger partial charge in [-0.3, -0.25) is 4.79 Å². The third-order valence-electron chi connectivity index (χ3n) is 5.43. The highest BCUT2D eigenvalue weighted by molar-refractivity contribution is 6.04. The van der Waals surface area contributed by atoms with E-state index < -0.39 is 0 Å². The molecule has 0 spiro atoms. The molecule has 6 heteroatoms. The van der Waals surface area contributed by atoms with Gasteiger partial charge in [0.1, 0.15) is 5.75 Å². The molecule has 29 heavy (non-hydrogen) atoms. The number of carbonyl (C=O) groups excluding carboxylic acids is 1. The van der Waals surface area contributed by atoms with Gasteiger partial charge in [-0.2, -0.15) is 0 Å². The van der Waals surface area contributed by atoms with Crippen molar-refractivity contribution >= 4 is 17.3 Å². The Balaban J connectivity index is 1.67. The van der Waals surface area contributed by atoms with E-state index in [1.54, 1.807) is 37.3 Å². The Morgan fingerprint density at radius 1 is 1.24 bits per heavy atom. The average Bonchev–Trinajstić information content (AvgIpc) is 3.21. The molecule has 3 rings (SSSR count). The van der Waals surface area contributed by atoms with Gasteiger partial charge in [0.05, 0.1) is 12.3 Å². The summed E-state index contributed by atoms with van der Waals surface area (Å²) in [5.41, 5.74) is 2.10. The van der Waals surface area contributed by atoms with Crippen molar-refractivity contribution < 1.29 is 13.9 Å². The van der Waals surface area contributed by atoms with Crippen LogP contribution in [0.15, 0.2) is 36.4 Å². The predicted octanol–water partition coefficient (Wildman–Crippen LogP) is 4.36. The molecule has 2 N–H and O–H groups in total. The molecule has 0 saturated carbocycles. The van der Waals surface area contributed by atoms with Gasteiger partial charge in [0.25, 0.3) is 5.91 Å². The first-order valence-electron chi connectivity index (χ1n) is 10.3. The molecule has 156 valence electrons. The largest absolute Gasteiger partial charge is 0.494 e. The number of likely N-dealkylation sites (N-methyl/N-ethyl adjacent to an activating group) is 1. The number of nitrogens with zero attached hydrogens (tertiary/aromatic N) is 1. The maximum atomic E-state index is 14.9. The second-order valence-electron chi connectivity index (χ2n) is 7.47. The van der Waals surface area contributed by atoms with Crippen LogP contribution < -0.4 is 20.3 Å². The summed E-state index contributed by atoms with van der Waals surface area (Å²) in [5.74, 6) is 0.00252. The molecule has 0 radical (unpaired) electrons. The van der Waals surface area contributed by atoms with Crippen LogP contribution in [-0.4, -0.2) is 38.7 Å². The number of ether oxygens (including phenoxy) is 1. The molecule has 0 bridgehead atoms. The summed E-state index contributed by atoms with van der Waals surface area (Å²) >= 11 is 0. The van der Waals surface area contributed by atoms with E-state index in [-0.39, 0.29) is 17.4 Å². The summed E-state index contributed by atoms with van der Waals surface area (Å²) in [6.45, 7) is 6.27. The number of benzene rings is 2. The van der Waals surface area contributed by atoms with E-state index in [0.717, 1.165) is 43.8 Å². The fourth-order valence-corrected chi connectivity index (χ4v) is 3.56. The van der Waals surface area contributed by atoms with E-state index in [1.165, 1.54) is 0 Å². The number of carbonyl (C=O) groups is 1. The van der Waals surface area contributed by atoms with Crippen LogP contribution in [-0.2, 0) is 0 Å². The molecule has 1 saturated heterocycles. The number of anilines is 2. The molecule has 2 aromatic carbocycles. The first-order chi connectivity index (χ1) is 14.0. The zero-order valence-corrected chi connectivity index (χ0v) is 17.4. The minimum atomic E-state index is -0.386. The number of unbranched alkanes of at least 4 members (excludes halogenated alkanes) is 1. The SMILES string of the molecule is CCCCOc1ccc(C(=O)Nc2ccc(N3CCC(NC)C3)c(C)c2F)cc1. The van der Waals surface area contributed by atoms with Crippen LogP contribution in [0.2, 0.25) is 0 Å². The van der Waals surface area contributed by atoms with Crippen molar-refractivity contribution in [1.82, 2.24) is 5.32 Å². The molecule has 0 aromatic heterocycles. The Morgan fingerprint density at radius 3 is 2.66 bits per heavy atom. The molecule has 1 atom stereocenters. The molecular weight excluding hydrogens is 369 g/mol. The van der Waals surface area contributed by atoms with Gasteiger partial charge in [-0.1, -0.05) is 13.3 Å². The van der Waals surface area contributed by atoms with Crippen LogP contribution in [0, 0.1) is 12.7 Å². The summed E-state index contributed by atoms with van der Waals surface area (Å²) in [4.78, 5) is 14.7. The van der Waals surface area contributed by atoms with E-state index in [4.69, 9.17) is 4.74 Å². The van der Waals surface area contributed by atoms with Gasteiger partial charge in [-0.25, -0.2) is 4.39 Å². The minimum Gasteiger partial charge on any atom is -0.494 e. The molecule has 1 unspecified atom stereocenters. The summed E-state index contributed by atoms with van der Waals surface area (Å²) < 4.78 is 20.5. The summed E-state index contributed by atoms with van der Waals surface area (Å²) in [6, 6.07) is 10.9. The van der Waals surface area contributed by atoms with Gasteiger partial charge in [-0.05, 0) is 63.2 Å². The van der Waals surface area contributed by atoms with E-state index in [0.29, 0.717) is 23.8 Å². The molecule has 2 aromatic rings. The maximum Gasteiger partial charge on any atom is 0.255 e. The molecule has 1 amide bonds. The smallest absolute Gasteiger partial charge is 0.255 e. The Kier molecular flexibility index (Phi) is 7.09. The van der Waals surface area contributed by atoms with Crippen LogP contribution >= 0.6 is 0 Å². The van der Waals surface area contributed by atoms with Gasteiger partial charge < -0.3 is 20.3 Å². The molecule has 1 aliphatic rings. The lowest BCUT2D eigenvalue weighted by Gasteiger charge is -2.22. The third kappa shape index (κ3) is 5.07. The van der Waals surface area contributed by atoms with Crippen LogP contribution in [0.3, 0.4) is 0 Å². The van der Waals surface area contributed by atoms with E-state index in [1.807, 2.05) is 13.1 Å². The maximum absolute atomic E-state index is 14.9. The standard InChI is InChI=1S/C23H30FN3O2/c1-4-5-14-29-19-8-6-17(7-9-19)23(28)26-20-10-11-21(16(2)22(20)24)27-13-12-18(15-27)25-3/h6-11,18,25H,4-5,12-15H2,1-3H3,(H,26,28). The lowest BCUT2D eigenvalue weighted by Crippen LogP contribution is -2.29. The molecule has 1 fully saturated rings. The summed E-state index contributed by atoms with van der Waals surface area (Å²) in [7, 11) is 1.95. The van der Waals surface area contributed by atoms with Crippen LogP contribution in [0.4, 0.5) is 15.8 Å². The van der Waals surface area contributed by atoms with Crippen molar-refractivity contribution in [2.24, 2.45) is 0 Å². The number of nitrogens with one attached hydrogen (secondary N) is 2. The van der Waals surface area contributed by atoms with E-state index >= 15 is 0 Å². The zero-order valence-electron chi connectivity index (χ0n) is 17.4. The van der Waals surface area contributed by atoms with E-state index in [2.05, 4.69) is 22.5 Å². The van der Waals surface area contributed by atoms with Crippen LogP contribution in [0.25, 0.3) is 0 Å². The first kappa shape index (κ1) is 21.1. The number of hydrogen-bond acceptors (Lipinski definition) is 4. The lowest BCUT2D eigenvalue weighted by molar-refractivity contribution is 0.102.